The highest BCUT2D eigenvalue weighted by molar-refractivity contribution is 7.16. The van der Waals surface area contributed by atoms with Crippen molar-refractivity contribution in [1.82, 2.24) is 0 Å². The number of rotatable bonds is 4. The molecule has 0 aliphatic heterocycles. The summed E-state index contributed by atoms with van der Waals surface area (Å²) in [6.07, 6.45) is 0. The van der Waals surface area contributed by atoms with E-state index in [1.165, 1.54) is 43.4 Å². The van der Waals surface area contributed by atoms with Gasteiger partial charge >= 0.3 is 0 Å². The molecule has 0 aromatic heterocycles. The lowest BCUT2D eigenvalue weighted by Gasteiger charge is -2.40. The van der Waals surface area contributed by atoms with Crippen molar-refractivity contribution in [2.75, 3.05) is 0 Å². The van der Waals surface area contributed by atoms with E-state index in [1.807, 2.05) is 0 Å². The Morgan fingerprint density at radius 1 is 0.556 bits per heavy atom. The first-order chi connectivity index (χ1) is 16.8. The normalized spacial score (nSPS) is 17.2. The maximum Gasteiger partial charge on any atom is 0.176 e. The second-order valence-electron chi connectivity index (χ2n) is 12.8. The van der Waals surface area contributed by atoms with Crippen LogP contribution in [0.25, 0.3) is 0 Å². The highest BCUT2D eigenvalue weighted by Gasteiger charge is 2.48. The average Bonchev–Trinajstić information content (AvgIpc) is 3.03. The van der Waals surface area contributed by atoms with Crippen molar-refractivity contribution < 1.29 is 0 Å². The van der Waals surface area contributed by atoms with Crippen LogP contribution < -0.4 is 15.6 Å². The summed E-state index contributed by atoms with van der Waals surface area (Å²) in [6, 6.07) is 30.6. The molecule has 1 unspecified atom stereocenters. The molecule has 1 aliphatic carbocycles. The molecule has 0 N–H and O–H groups in total. The van der Waals surface area contributed by atoms with Crippen LogP contribution in [0.2, 0.25) is 0 Å². The van der Waals surface area contributed by atoms with Crippen molar-refractivity contribution in [2.24, 2.45) is 5.92 Å². The van der Waals surface area contributed by atoms with Gasteiger partial charge in [-0.3, -0.25) is 0 Å². The molecule has 1 aliphatic rings. The Balaban J connectivity index is 2.21. The molecule has 0 nitrogen and oxygen atoms in total. The Hall–Kier alpha value is -2.64. The molecule has 0 amide bonds. The van der Waals surface area contributed by atoms with E-state index in [0.717, 1.165) is 0 Å². The molecule has 0 fully saturated rings. The molecule has 4 rings (SSSR count). The summed E-state index contributed by atoms with van der Waals surface area (Å²) in [5.41, 5.74) is 7.50. The van der Waals surface area contributed by atoms with Gasteiger partial charge in [-0.1, -0.05) is 144 Å². The van der Waals surface area contributed by atoms with Crippen molar-refractivity contribution >= 4 is 23.6 Å². The fourth-order valence-corrected chi connectivity index (χ4v) is 11.7. The molecule has 0 bridgehead atoms. The molecule has 188 valence electrons. The summed E-state index contributed by atoms with van der Waals surface area (Å²) in [5.74, 6) is 0.424. The van der Waals surface area contributed by atoms with Gasteiger partial charge in [0.15, 0.2) is 8.07 Å². The molecule has 0 heterocycles. The third-order valence-corrected chi connectivity index (χ3v) is 13.7. The smallest absolute Gasteiger partial charge is 0.0636 e. The lowest BCUT2D eigenvalue weighted by Crippen LogP contribution is -2.69. The largest absolute Gasteiger partial charge is 0.176 e. The fourth-order valence-electron chi connectivity index (χ4n) is 6.06. The number of benzene rings is 3. The van der Waals surface area contributed by atoms with Gasteiger partial charge in [0.2, 0.25) is 0 Å². The Morgan fingerprint density at radius 3 is 1.39 bits per heavy atom. The van der Waals surface area contributed by atoms with Crippen LogP contribution in [0.15, 0.2) is 101 Å². The molecule has 3 aromatic rings. The van der Waals surface area contributed by atoms with Gasteiger partial charge in [-0.15, -0.1) is 0 Å². The van der Waals surface area contributed by atoms with Gasteiger partial charge in [-0.05, 0) is 69.8 Å². The second kappa shape index (κ2) is 9.34. The van der Waals surface area contributed by atoms with E-state index >= 15 is 0 Å². The van der Waals surface area contributed by atoms with Crippen molar-refractivity contribution in [2.45, 2.75) is 80.1 Å². The average molecular weight is 493 g/mol. The van der Waals surface area contributed by atoms with Crippen LogP contribution in [0, 0.1) is 5.92 Å². The van der Waals surface area contributed by atoms with Crippen LogP contribution in [0.5, 0.6) is 0 Å². The molecule has 1 atom stereocenters. The van der Waals surface area contributed by atoms with Gasteiger partial charge in [0, 0.05) is 0 Å². The van der Waals surface area contributed by atoms with Gasteiger partial charge in [0.05, 0.1) is 0 Å². The predicted octanol–water partition coefficient (Wildman–Crippen LogP) is 7.59. The quantitative estimate of drug-likeness (QED) is 0.260. The van der Waals surface area contributed by atoms with E-state index in [0.29, 0.717) is 5.92 Å². The molecule has 0 radical (unpaired) electrons. The lowest BCUT2D eigenvalue weighted by molar-refractivity contribution is 0.590. The Kier molecular flexibility index (Phi) is 6.86. The van der Waals surface area contributed by atoms with Crippen molar-refractivity contribution in [3.8, 4) is 0 Å². The number of hydrogen-bond donors (Lipinski definition) is 0. The van der Waals surface area contributed by atoms with E-state index in [9.17, 15) is 0 Å². The first kappa shape index (κ1) is 26.4. The molecule has 0 saturated carbocycles. The van der Waals surface area contributed by atoms with Crippen LogP contribution in [0.1, 0.15) is 80.4 Å². The van der Waals surface area contributed by atoms with Gasteiger partial charge in [0.1, 0.15) is 0 Å². The number of allylic oxidation sites excluding steroid dienone is 4. The van der Waals surface area contributed by atoms with E-state index in [-0.39, 0.29) is 10.8 Å². The summed E-state index contributed by atoms with van der Waals surface area (Å²) < 4.78 is 0. The van der Waals surface area contributed by atoms with Crippen LogP contribution in [-0.2, 0) is 10.8 Å². The highest BCUT2D eigenvalue weighted by atomic mass is 28.3. The lowest BCUT2D eigenvalue weighted by atomic mass is 9.87. The Morgan fingerprint density at radius 2 is 1.00 bits per heavy atom. The van der Waals surface area contributed by atoms with E-state index in [1.54, 1.807) is 5.20 Å². The van der Waals surface area contributed by atoms with E-state index in [2.05, 4.69) is 148 Å². The molecule has 0 spiro atoms. The Bertz CT molecular complexity index is 1270. The standard InChI is InChI=1S/C35H44Si/c1-24-25(2)27(4)33(26(24)3)36(30-18-12-11-13-19-30,31-20-14-16-28(22-31)34(5,6)7)32-21-15-17-29(23-32)35(8,9)10/h11-23,26H,1-10H3. The SMILES string of the molecule is CC1=C(C)C(C)C([Si](c2ccccc2)(c2cccc(C(C)(C)C)c2)c2cccc(C(C)(C)C)c2)=C1C. The molecule has 3 aromatic carbocycles. The third kappa shape index (κ3) is 4.37. The third-order valence-electron chi connectivity index (χ3n) is 8.57. The zero-order valence-electron chi connectivity index (χ0n) is 24.1. The maximum absolute atomic E-state index is 2.58. The first-order valence-corrected chi connectivity index (χ1v) is 15.5. The molecular formula is C35H44Si. The van der Waals surface area contributed by atoms with Crippen LogP contribution >= 0.6 is 0 Å². The summed E-state index contributed by atoms with van der Waals surface area (Å²) in [7, 11) is -2.58. The van der Waals surface area contributed by atoms with Crippen LogP contribution in [0.3, 0.4) is 0 Å². The second-order valence-corrected chi connectivity index (χ2v) is 16.6. The summed E-state index contributed by atoms with van der Waals surface area (Å²) >= 11 is 0. The molecule has 36 heavy (non-hydrogen) atoms. The first-order valence-electron chi connectivity index (χ1n) is 13.5. The van der Waals surface area contributed by atoms with Gasteiger partial charge in [-0.2, -0.15) is 0 Å². The zero-order valence-corrected chi connectivity index (χ0v) is 25.1. The Labute approximate surface area is 221 Å². The van der Waals surface area contributed by atoms with Gasteiger partial charge in [0.25, 0.3) is 0 Å². The topological polar surface area (TPSA) is 0 Å². The minimum absolute atomic E-state index is 0.0922. The molecule has 1 heteroatoms. The van der Waals surface area contributed by atoms with Crippen molar-refractivity contribution in [3.63, 3.8) is 0 Å². The van der Waals surface area contributed by atoms with Crippen LogP contribution in [-0.4, -0.2) is 8.07 Å². The summed E-state index contributed by atoms with van der Waals surface area (Å²) in [4.78, 5) is 0. The zero-order chi connectivity index (χ0) is 26.5. The fraction of sp³-hybridized carbons (Fsp3) is 0.371. The molecular weight excluding hydrogens is 448 g/mol. The van der Waals surface area contributed by atoms with Gasteiger partial charge < -0.3 is 0 Å². The minimum Gasteiger partial charge on any atom is -0.0636 e. The van der Waals surface area contributed by atoms with E-state index in [4.69, 9.17) is 0 Å². The van der Waals surface area contributed by atoms with Crippen molar-refractivity contribution in [1.29, 1.82) is 0 Å². The summed E-state index contributed by atoms with van der Waals surface area (Å²) in [6.45, 7) is 23.5. The summed E-state index contributed by atoms with van der Waals surface area (Å²) in [5, 5.41) is 6.12. The predicted molar refractivity (Wildman–Crippen MR) is 162 cm³/mol. The minimum atomic E-state index is -2.58. The van der Waals surface area contributed by atoms with Gasteiger partial charge in [-0.25, -0.2) is 0 Å². The van der Waals surface area contributed by atoms with E-state index < -0.39 is 8.07 Å². The van der Waals surface area contributed by atoms with Crippen LogP contribution in [0.4, 0.5) is 0 Å². The molecule has 0 saturated heterocycles. The maximum atomic E-state index is 2.54. The van der Waals surface area contributed by atoms with Crippen molar-refractivity contribution in [3.05, 3.63) is 112 Å². The highest BCUT2D eigenvalue weighted by Crippen LogP contribution is 2.41. The number of hydrogen-bond acceptors (Lipinski definition) is 0. The monoisotopic (exact) mass is 492 g/mol.